The fraction of sp³-hybridized carbons (Fsp3) is 0.625. The van der Waals surface area contributed by atoms with E-state index in [0.29, 0.717) is 13.0 Å². The quantitative estimate of drug-likeness (QED) is 0.919. The topological polar surface area (TPSA) is 45.2 Å². The lowest BCUT2D eigenvalue weighted by Gasteiger charge is -2.18. The lowest BCUT2D eigenvalue weighted by Crippen LogP contribution is -2.27. The molecular formula is C16H25N3O. The van der Waals surface area contributed by atoms with E-state index >= 15 is 0 Å². The van der Waals surface area contributed by atoms with E-state index in [1.165, 1.54) is 12.8 Å². The number of carbonyl (C=O) groups excluding carboxylic acids is 1. The van der Waals surface area contributed by atoms with Crippen molar-refractivity contribution in [2.24, 2.45) is 5.41 Å². The molecule has 0 spiro atoms. The summed E-state index contributed by atoms with van der Waals surface area (Å²) in [6.45, 7) is 8.97. The molecule has 110 valence electrons. The molecule has 1 aliphatic heterocycles. The molecule has 1 aromatic heterocycles. The number of hydrogen-bond donors (Lipinski definition) is 1. The molecule has 0 atom stereocenters. The minimum absolute atomic E-state index is 0.0297. The van der Waals surface area contributed by atoms with Crippen molar-refractivity contribution in [2.75, 3.05) is 18.0 Å². The summed E-state index contributed by atoms with van der Waals surface area (Å²) in [6.07, 6.45) is 4.93. The molecule has 2 heterocycles. The van der Waals surface area contributed by atoms with Gasteiger partial charge < -0.3 is 10.2 Å². The maximum absolute atomic E-state index is 11.8. The molecule has 0 aliphatic carbocycles. The van der Waals surface area contributed by atoms with Crippen molar-refractivity contribution in [3.05, 3.63) is 23.9 Å². The molecule has 0 bridgehead atoms. The fourth-order valence-electron chi connectivity index (χ4n) is 2.40. The molecule has 1 aromatic rings. The molecule has 1 N–H and O–H groups in total. The van der Waals surface area contributed by atoms with Crippen LogP contribution in [0.25, 0.3) is 0 Å². The summed E-state index contributed by atoms with van der Waals surface area (Å²) in [4.78, 5) is 18.6. The van der Waals surface area contributed by atoms with E-state index in [9.17, 15) is 4.79 Å². The number of hydrogen-bond acceptors (Lipinski definition) is 3. The van der Waals surface area contributed by atoms with E-state index in [1.807, 2.05) is 6.20 Å². The average Bonchev–Trinajstić information content (AvgIpc) is 2.89. The number of rotatable bonds is 4. The van der Waals surface area contributed by atoms with Crippen LogP contribution in [0.4, 0.5) is 5.82 Å². The van der Waals surface area contributed by atoms with Crippen LogP contribution in [0.2, 0.25) is 0 Å². The van der Waals surface area contributed by atoms with Gasteiger partial charge in [-0.2, -0.15) is 0 Å². The standard InChI is InChI=1S/C16H25N3O/c1-16(2,3)10-15(20)18-12-13-6-7-14(17-11-13)19-8-4-5-9-19/h6-7,11H,4-5,8-10,12H2,1-3H3,(H,18,20). The van der Waals surface area contributed by atoms with E-state index in [4.69, 9.17) is 0 Å². The van der Waals surface area contributed by atoms with Crippen LogP contribution in [0.1, 0.15) is 45.6 Å². The highest BCUT2D eigenvalue weighted by Gasteiger charge is 2.16. The Kier molecular flexibility index (Phi) is 4.63. The summed E-state index contributed by atoms with van der Waals surface area (Å²) in [6, 6.07) is 4.11. The largest absolute Gasteiger partial charge is 0.357 e. The lowest BCUT2D eigenvalue weighted by atomic mass is 9.92. The predicted octanol–water partition coefficient (Wildman–Crippen LogP) is 2.73. The van der Waals surface area contributed by atoms with Gasteiger partial charge in [0.15, 0.2) is 0 Å². The first-order valence-electron chi connectivity index (χ1n) is 7.41. The Balaban J connectivity index is 1.83. The Morgan fingerprint density at radius 1 is 1.30 bits per heavy atom. The van der Waals surface area contributed by atoms with Gasteiger partial charge in [-0.15, -0.1) is 0 Å². The van der Waals surface area contributed by atoms with Crippen LogP contribution < -0.4 is 10.2 Å². The zero-order valence-electron chi connectivity index (χ0n) is 12.8. The van der Waals surface area contributed by atoms with Crippen LogP contribution in [0.3, 0.4) is 0 Å². The predicted molar refractivity (Wildman–Crippen MR) is 81.6 cm³/mol. The van der Waals surface area contributed by atoms with Crippen molar-refractivity contribution >= 4 is 11.7 Å². The van der Waals surface area contributed by atoms with E-state index in [0.717, 1.165) is 24.5 Å². The maximum atomic E-state index is 11.8. The van der Waals surface area contributed by atoms with Crippen molar-refractivity contribution in [3.63, 3.8) is 0 Å². The maximum Gasteiger partial charge on any atom is 0.220 e. The average molecular weight is 275 g/mol. The van der Waals surface area contributed by atoms with Gasteiger partial charge in [-0.3, -0.25) is 4.79 Å². The molecular weight excluding hydrogens is 250 g/mol. The highest BCUT2D eigenvalue weighted by Crippen LogP contribution is 2.19. The second-order valence-corrected chi connectivity index (χ2v) is 6.73. The molecule has 0 unspecified atom stereocenters. The van der Waals surface area contributed by atoms with Gasteiger partial charge >= 0.3 is 0 Å². The SMILES string of the molecule is CC(C)(C)CC(=O)NCc1ccc(N2CCCC2)nc1. The Labute approximate surface area is 121 Å². The second-order valence-electron chi connectivity index (χ2n) is 6.73. The van der Waals surface area contributed by atoms with Gasteiger partial charge in [0, 0.05) is 32.3 Å². The van der Waals surface area contributed by atoms with Crippen LogP contribution in [-0.2, 0) is 11.3 Å². The van der Waals surface area contributed by atoms with Gasteiger partial charge in [0.2, 0.25) is 5.91 Å². The minimum atomic E-state index is 0.0297. The van der Waals surface area contributed by atoms with Gasteiger partial charge in [0.05, 0.1) is 0 Å². The first-order valence-corrected chi connectivity index (χ1v) is 7.41. The lowest BCUT2D eigenvalue weighted by molar-refractivity contribution is -0.122. The van der Waals surface area contributed by atoms with Gasteiger partial charge in [-0.05, 0) is 29.9 Å². The normalized spacial score (nSPS) is 15.4. The number of nitrogens with one attached hydrogen (secondary N) is 1. The van der Waals surface area contributed by atoms with Crippen molar-refractivity contribution in [2.45, 2.75) is 46.6 Å². The summed E-state index contributed by atoms with van der Waals surface area (Å²) in [5, 5.41) is 2.95. The third kappa shape index (κ3) is 4.51. The first kappa shape index (κ1) is 14.8. The van der Waals surface area contributed by atoms with Crippen LogP contribution >= 0.6 is 0 Å². The molecule has 1 saturated heterocycles. The van der Waals surface area contributed by atoms with Crippen LogP contribution in [-0.4, -0.2) is 24.0 Å². The van der Waals surface area contributed by atoms with E-state index in [1.54, 1.807) is 0 Å². The van der Waals surface area contributed by atoms with Crippen LogP contribution in [0.15, 0.2) is 18.3 Å². The van der Waals surface area contributed by atoms with Crippen LogP contribution in [0.5, 0.6) is 0 Å². The van der Waals surface area contributed by atoms with Gasteiger partial charge in [-0.25, -0.2) is 4.98 Å². The smallest absolute Gasteiger partial charge is 0.220 e. The van der Waals surface area contributed by atoms with Crippen molar-refractivity contribution in [3.8, 4) is 0 Å². The molecule has 1 aliphatic rings. The minimum Gasteiger partial charge on any atom is -0.357 e. The first-order chi connectivity index (χ1) is 9.44. The van der Waals surface area contributed by atoms with E-state index in [-0.39, 0.29) is 11.3 Å². The van der Waals surface area contributed by atoms with E-state index < -0.39 is 0 Å². The Morgan fingerprint density at radius 2 is 2.00 bits per heavy atom. The second kappa shape index (κ2) is 6.25. The number of anilines is 1. The molecule has 0 saturated carbocycles. The summed E-state index contributed by atoms with van der Waals surface area (Å²) in [7, 11) is 0. The third-order valence-corrected chi connectivity index (χ3v) is 3.42. The van der Waals surface area contributed by atoms with Crippen molar-refractivity contribution in [1.82, 2.24) is 10.3 Å². The molecule has 0 aromatic carbocycles. The van der Waals surface area contributed by atoms with Gasteiger partial charge in [0.1, 0.15) is 5.82 Å². The molecule has 4 heteroatoms. The molecule has 1 amide bonds. The van der Waals surface area contributed by atoms with Gasteiger partial charge in [0.25, 0.3) is 0 Å². The fourth-order valence-corrected chi connectivity index (χ4v) is 2.40. The summed E-state index contributed by atoms with van der Waals surface area (Å²) < 4.78 is 0. The summed E-state index contributed by atoms with van der Waals surface area (Å²) >= 11 is 0. The Hall–Kier alpha value is -1.58. The molecule has 20 heavy (non-hydrogen) atoms. The van der Waals surface area contributed by atoms with E-state index in [2.05, 4.69) is 48.1 Å². The number of pyridine rings is 1. The molecule has 0 radical (unpaired) electrons. The van der Waals surface area contributed by atoms with Crippen LogP contribution in [0, 0.1) is 5.41 Å². The Bertz CT molecular complexity index is 442. The summed E-state index contributed by atoms with van der Waals surface area (Å²) in [5.74, 6) is 1.15. The van der Waals surface area contributed by atoms with Crippen molar-refractivity contribution < 1.29 is 4.79 Å². The van der Waals surface area contributed by atoms with Gasteiger partial charge in [-0.1, -0.05) is 26.8 Å². The highest BCUT2D eigenvalue weighted by atomic mass is 16.1. The molecule has 2 rings (SSSR count). The number of nitrogens with zero attached hydrogens (tertiary/aromatic N) is 2. The monoisotopic (exact) mass is 275 g/mol. The zero-order chi connectivity index (χ0) is 14.6. The summed E-state index contributed by atoms with van der Waals surface area (Å²) in [5.41, 5.74) is 1.08. The third-order valence-electron chi connectivity index (χ3n) is 3.42. The zero-order valence-corrected chi connectivity index (χ0v) is 12.8. The number of amides is 1. The molecule has 4 nitrogen and oxygen atoms in total. The van der Waals surface area contributed by atoms with Crippen molar-refractivity contribution in [1.29, 1.82) is 0 Å². The highest BCUT2D eigenvalue weighted by molar-refractivity contribution is 5.76. The number of carbonyl (C=O) groups is 1. The molecule has 1 fully saturated rings. The Morgan fingerprint density at radius 3 is 2.55 bits per heavy atom. The number of aromatic nitrogens is 1.